The number of methoxy groups -OCH3 is 1. The van der Waals surface area contributed by atoms with Crippen molar-refractivity contribution in [2.45, 2.75) is 37.8 Å². The van der Waals surface area contributed by atoms with Gasteiger partial charge in [-0.2, -0.15) is 0 Å². The van der Waals surface area contributed by atoms with E-state index in [2.05, 4.69) is 5.10 Å². The van der Waals surface area contributed by atoms with Crippen molar-refractivity contribution in [2.24, 2.45) is 5.73 Å². The summed E-state index contributed by atoms with van der Waals surface area (Å²) in [6.45, 7) is 0.603. The van der Waals surface area contributed by atoms with Crippen LogP contribution in [-0.4, -0.2) is 41.1 Å². The average Bonchev–Trinajstić information content (AvgIpc) is 2.84. The van der Waals surface area contributed by atoms with Crippen LogP contribution >= 0.6 is 0 Å². The number of hydrogen-bond acceptors (Lipinski definition) is 6. The van der Waals surface area contributed by atoms with E-state index < -0.39 is 4.92 Å². The first-order valence-corrected chi connectivity index (χ1v) is 6.72. The second-order valence-corrected chi connectivity index (χ2v) is 4.97. The second kappa shape index (κ2) is 6.67. The third-order valence-electron chi connectivity index (χ3n) is 3.52. The number of rotatable bonds is 6. The van der Waals surface area contributed by atoms with Crippen molar-refractivity contribution in [1.29, 1.82) is 0 Å². The van der Waals surface area contributed by atoms with Gasteiger partial charge in [-0.25, -0.2) is 0 Å². The molecule has 1 aromatic heterocycles. The normalized spacial score (nSPS) is 22.7. The lowest BCUT2D eigenvalue weighted by atomic mass is 9.92. The Morgan fingerprint density at radius 1 is 1.45 bits per heavy atom. The van der Waals surface area contributed by atoms with E-state index in [9.17, 15) is 10.1 Å². The number of hydrogen-bond donors (Lipinski definition) is 1. The molecule has 0 unspecified atom stereocenters. The molecule has 0 bridgehead atoms. The van der Waals surface area contributed by atoms with E-state index in [1.165, 1.54) is 6.20 Å². The lowest BCUT2D eigenvalue weighted by molar-refractivity contribution is -0.386. The molecule has 0 radical (unpaired) electrons. The van der Waals surface area contributed by atoms with Crippen LogP contribution in [0.15, 0.2) is 6.20 Å². The molecular formula is C12H20N4O4. The van der Waals surface area contributed by atoms with E-state index in [0.29, 0.717) is 6.61 Å². The van der Waals surface area contributed by atoms with Crippen molar-refractivity contribution in [2.75, 3.05) is 20.3 Å². The molecule has 112 valence electrons. The molecule has 1 aliphatic carbocycles. The van der Waals surface area contributed by atoms with Crippen LogP contribution in [0.5, 0.6) is 5.88 Å². The maximum Gasteiger partial charge on any atom is 0.350 e. The third kappa shape index (κ3) is 3.45. The predicted molar refractivity (Wildman–Crippen MR) is 71.7 cm³/mol. The van der Waals surface area contributed by atoms with E-state index >= 15 is 0 Å². The Labute approximate surface area is 117 Å². The summed E-state index contributed by atoms with van der Waals surface area (Å²) in [4.78, 5) is 10.6. The molecular weight excluding hydrogens is 264 g/mol. The number of nitrogens with zero attached hydrogens (tertiary/aromatic N) is 3. The Kier molecular flexibility index (Phi) is 4.91. The van der Waals surface area contributed by atoms with E-state index in [4.69, 9.17) is 15.2 Å². The number of aromatic nitrogens is 2. The molecule has 8 nitrogen and oxygen atoms in total. The fourth-order valence-corrected chi connectivity index (χ4v) is 2.37. The molecule has 2 rings (SSSR count). The zero-order valence-electron chi connectivity index (χ0n) is 11.5. The molecule has 1 aromatic rings. The van der Waals surface area contributed by atoms with Crippen molar-refractivity contribution >= 4 is 5.69 Å². The molecule has 0 amide bonds. The van der Waals surface area contributed by atoms with Crippen molar-refractivity contribution in [3.05, 3.63) is 16.3 Å². The smallest absolute Gasteiger partial charge is 0.350 e. The van der Waals surface area contributed by atoms with Crippen molar-refractivity contribution < 1.29 is 14.4 Å². The minimum atomic E-state index is -0.472. The number of ether oxygens (including phenoxy) is 2. The lowest BCUT2D eigenvalue weighted by Gasteiger charge is -2.25. The molecule has 1 saturated carbocycles. The van der Waals surface area contributed by atoms with Crippen LogP contribution in [0.2, 0.25) is 0 Å². The molecule has 0 saturated heterocycles. The summed E-state index contributed by atoms with van der Waals surface area (Å²) >= 11 is 0. The van der Waals surface area contributed by atoms with E-state index in [0.717, 1.165) is 25.7 Å². The van der Waals surface area contributed by atoms with E-state index in [1.807, 2.05) is 0 Å². The molecule has 8 heteroatoms. The van der Waals surface area contributed by atoms with Gasteiger partial charge in [-0.15, -0.1) is 5.10 Å². The van der Waals surface area contributed by atoms with Crippen molar-refractivity contribution in [3.63, 3.8) is 0 Å². The van der Waals surface area contributed by atoms with Gasteiger partial charge in [0.05, 0.1) is 17.6 Å². The first-order chi connectivity index (χ1) is 9.61. The van der Waals surface area contributed by atoms with Crippen LogP contribution in [0.3, 0.4) is 0 Å². The Balaban J connectivity index is 2.09. The van der Waals surface area contributed by atoms with Crippen molar-refractivity contribution in [3.8, 4) is 5.88 Å². The fourth-order valence-electron chi connectivity index (χ4n) is 2.37. The summed E-state index contributed by atoms with van der Waals surface area (Å²) in [5.41, 5.74) is 5.76. The Morgan fingerprint density at radius 2 is 2.15 bits per heavy atom. The summed E-state index contributed by atoms with van der Waals surface area (Å²) < 4.78 is 11.8. The molecule has 0 atom stereocenters. The highest BCUT2D eigenvalue weighted by molar-refractivity contribution is 5.38. The van der Waals surface area contributed by atoms with Gasteiger partial charge in [-0.05, 0) is 25.7 Å². The Bertz CT molecular complexity index is 454. The lowest BCUT2D eigenvalue weighted by Crippen LogP contribution is -2.28. The molecule has 1 aliphatic rings. The summed E-state index contributed by atoms with van der Waals surface area (Å²) in [5, 5.41) is 15.2. The monoisotopic (exact) mass is 284 g/mol. The van der Waals surface area contributed by atoms with Crippen LogP contribution in [0, 0.1) is 10.1 Å². The summed E-state index contributed by atoms with van der Waals surface area (Å²) in [6.07, 6.45) is 5.05. The average molecular weight is 284 g/mol. The number of nitrogens with two attached hydrogens (primary N) is 1. The summed E-state index contributed by atoms with van der Waals surface area (Å²) in [7, 11) is 1.54. The Morgan fingerprint density at radius 3 is 2.75 bits per heavy atom. The molecule has 0 spiro atoms. The summed E-state index contributed by atoms with van der Waals surface area (Å²) in [6, 6.07) is 0.391. The molecule has 2 N–H and O–H groups in total. The molecule has 1 heterocycles. The largest absolute Gasteiger partial charge is 0.469 e. The van der Waals surface area contributed by atoms with Crippen molar-refractivity contribution in [1.82, 2.24) is 9.78 Å². The highest BCUT2D eigenvalue weighted by Gasteiger charge is 2.26. The van der Waals surface area contributed by atoms with E-state index in [1.54, 1.807) is 11.8 Å². The Hall–Kier alpha value is -1.67. The topological polar surface area (TPSA) is 105 Å². The van der Waals surface area contributed by atoms with Gasteiger partial charge in [0.15, 0.2) is 0 Å². The third-order valence-corrected chi connectivity index (χ3v) is 3.52. The van der Waals surface area contributed by atoms with Crippen LogP contribution < -0.4 is 10.5 Å². The van der Waals surface area contributed by atoms with Gasteiger partial charge in [0.25, 0.3) is 0 Å². The first-order valence-electron chi connectivity index (χ1n) is 6.72. The van der Waals surface area contributed by atoms with Crippen LogP contribution in [-0.2, 0) is 4.74 Å². The maximum atomic E-state index is 11.0. The maximum absolute atomic E-state index is 11.0. The van der Waals surface area contributed by atoms with Gasteiger partial charge in [0.1, 0.15) is 12.8 Å². The van der Waals surface area contributed by atoms with Gasteiger partial charge in [0, 0.05) is 13.2 Å². The molecule has 20 heavy (non-hydrogen) atoms. The standard InChI is InChI=1S/C12H20N4O4/c1-19-6-7-20-12-11(16(17)18)8-15(14-12)10-4-2-9(13)3-5-10/h8-10H,2-7,13H2,1H3. The minimum absolute atomic E-state index is 0.0573. The van der Waals surface area contributed by atoms with Gasteiger partial charge < -0.3 is 15.2 Å². The highest BCUT2D eigenvalue weighted by Crippen LogP contribution is 2.32. The zero-order chi connectivity index (χ0) is 14.5. The highest BCUT2D eigenvalue weighted by atomic mass is 16.6. The minimum Gasteiger partial charge on any atom is -0.469 e. The molecule has 0 aliphatic heterocycles. The van der Waals surface area contributed by atoms with Crippen LogP contribution in [0.4, 0.5) is 5.69 Å². The zero-order valence-corrected chi connectivity index (χ0v) is 11.5. The first kappa shape index (κ1) is 14.7. The van der Waals surface area contributed by atoms with Crippen LogP contribution in [0.25, 0.3) is 0 Å². The van der Waals surface area contributed by atoms with Gasteiger partial charge in [0.2, 0.25) is 0 Å². The van der Waals surface area contributed by atoms with Crippen LogP contribution in [0.1, 0.15) is 31.7 Å². The summed E-state index contributed by atoms with van der Waals surface area (Å²) in [5.74, 6) is 0.0573. The van der Waals surface area contributed by atoms with Gasteiger partial charge in [-0.3, -0.25) is 14.8 Å². The second-order valence-electron chi connectivity index (χ2n) is 4.97. The SMILES string of the molecule is COCCOc1nn(C2CCC(N)CC2)cc1[N+](=O)[O-]. The quantitative estimate of drug-likeness (QED) is 0.479. The number of nitro groups is 1. The predicted octanol–water partition coefficient (Wildman–Crippen LogP) is 1.26. The van der Waals surface area contributed by atoms with E-state index in [-0.39, 0.29) is 30.3 Å². The van der Waals surface area contributed by atoms with Gasteiger partial charge >= 0.3 is 11.6 Å². The fraction of sp³-hybridized carbons (Fsp3) is 0.750. The van der Waals surface area contributed by atoms with Gasteiger partial charge in [-0.1, -0.05) is 0 Å². The molecule has 0 aromatic carbocycles. The molecule has 1 fully saturated rings.